The van der Waals surface area contributed by atoms with Crippen molar-refractivity contribution < 1.29 is 18.3 Å². The predicted molar refractivity (Wildman–Crippen MR) is 62.4 cm³/mol. The summed E-state index contributed by atoms with van der Waals surface area (Å²) in [5.41, 5.74) is 4.21. The van der Waals surface area contributed by atoms with Gasteiger partial charge in [-0.1, -0.05) is 18.2 Å². The summed E-state index contributed by atoms with van der Waals surface area (Å²) in [6, 6.07) is 8.07. The second kappa shape index (κ2) is 5.26. The summed E-state index contributed by atoms with van der Waals surface area (Å²) in [4.78, 5) is 11.5. The first-order valence-electron chi connectivity index (χ1n) is 4.73. The SMILES string of the molecule is COC(=O)C(C)(N)N(c1ccccc1)S(=O)[O-]. The molecule has 0 aliphatic carbocycles. The number of para-hydroxylation sites is 1. The van der Waals surface area contributed by atoms with E-state index in [0.717, 1.165) is 11.4 Å². The molecule has 0 aliphatic heterocycles. The van der Waals surface area contributed by atoms with Crippen LogP contribution in [0.25, 0.3) is 0 Å². The minimum Gasteiger partial charge on any atom is -0.755 e. The minimum atomic E-state index is -2.69. The number of ether oxygens (including phenoxy) is 1. The molecule has 2 atom stereocenters. The largest absolute Gasteiger partial charge is 0.755 e. The third-order valence-electron chi connectivity index (χ3n) is 2.16. The van der Waals surface area contributed by atoms with E-state index in [1.807, 2.05) is 0 Å². The molecule has 0 saturated carbocycles. The molecule has 0 bridgehead atoms. The topological polar surface area (TPSA) is 95.7 Å². The Morgan fingerprint density at radius 3 is 2.41 bits per heavy atom. The molecule has 2 N–H and O–H groups in total. The lowest BCUT2D eigenvalue weighted by atomic mass is 10.2. The number of anilines is 1. The van der Waals surface area contributed by atoms with Crippen LogP contribution in [0.2, 0.25) is 0 Å². The molecule has 6 nitrogen and oxygen atoms in total. The van der Waals surface area contributed by atoms with Crippen molar-refractivity contribution in [3.63, 3.8) is 0 Å². The Morgan fingerprint density at radius 1 is 1.47 bits per heavy atom. The number of carbonyl (C=O) groups excluding carboxylic acids is 1. The third kappa shape index (κ3) is 2.82. The van der Waals surface area contributed by atoms with Crippen molar-refractivity contribution >= 4 is 22.9 Å². The lowest BCUT2D eigenvalue weighted by molar-refractivity contribution is -0.145. The zero-order chi connectivity index (χ0) is 13.1. The molecule has 0 heterocycles. The van der Waals surface area contributed by atoms with Gasteiger partial charge in [-0.05, 0) is 19.1 Å². The molecule has 2 unspecified atom stereocenters. The number of carbonyl (C=O) groups is 1. The molecule has 1 rings (SSSR count). The Hall–Kier alpha value is -1.44. The van der Waals surface area contributed by atoms with Gasteiger partial charge in [-0.25, -0.2) is 4.79 Å². The van der Waals surface area contributed by atoms with E-state index < -0.39 is 22.9 Å². The highest BCUT2D eigenvalue weighted by Crippen LogP contribution is 2.22. The van der Waals surface area contributed by atoms with Crippen molar-refractivity contribution in [1.82, 2.24) is 0 Å². The average Bonchev–Trinajstić information content (AvgIpc) is 2.28. The fraction of sp³-hybridized carbons (Fsp3) is 0.300. The predicted octanol–water partition coefficient (Wildman–Crippen LogP) is 0.135. The van der Waals surface area contributed by atoms with E-state index in [1.54, 1.807) is 18.2 Å². The van der Waals surface area contributed by atoms with E-state index >= 15 is 0 Å². The van der Waals surface area contributed by atoms with Crippen molar-refractivity contribution in [3.05, 3.63) is 30.3 Å². The maximum atomic E-state index is 11.5. The van der Waals surface area contributed by atoms with E-state index in [9.17, 15) is 13.6 Å². The van der Waals surface area contributed by atoms with Crippen molar-refractivity contribution in [2.24, 2.45) is 5.73 Å². The van der Waals surface area contributed by atoms with E-state index in [1.165, 1.54) is 19.1 Å². The molecule has 94 valence electrons. The quantitative estimate of drug-likeness (QED) is 0.470. The van der Waals surface area contributed by atoms with Gasteiger partial charge in [0, 0.05) is 11.3 Å². The summed E-state index contributed by atoms with van der Waals surface area (Å²) in [5.74, 6) is -0.842. The molecular formula is C10H13N2O4S-. The highest BCUT2D eigenvalue weighted by molar-refractivity contribution is 7.80. The van der Waals surface area contributed by atoms with Gasteiger partial charge in [-0.3, -0.25) is 14.2 Å². The van der Waals surface area contributed by atoms with Crippen molar-refractivity contribution in [2.45, 2.75) is 12.6 Å². The second-order valence-electron chi connectivity index (χ2n) is 3.49. The zero-order valence-corrected chi connectivity index (χ0v) is 10.3. The lowest BCUT2D eigenvalue weighted by Gasteiger charge is -2.37. The van der Waals surface area contributed by atoms with Crippen LogP contribution in [0.4, 0.5) is 5.69 Å². The maximum Gasteiger partial charge on any atom is 0.347 e. The molecule has 0 radical (unpaired) electrons. The number of methoxy groups -OCH3 is 1. The number of nitrogens with two attached hydrogens (primary N) is 1. The third-order valence-corrected chi connectivity index (χ3v) is 3.05. The molecule has 7 heteroatoms. The van der Waals surface area contributed by atoms with Gasteiger partial charge in [0.25, 0.3) is 0 Å². The Morgan fingerprint density at radius 2 is 2.00 bits per heavy atom. The fourth-order valence-corrected chi connectivity index (χ4v) is 2.04. The number of hydrogen-bond acceptors (Lipinski definition) is 5. The Balaban J connectivity index is 3.19. The highest BCUT2D eigenvalue weighted by Gasteiger charge is 2.38. The Kier molecular flexibility index (Phi) is 4.22. The fourth-order valence-electron chi connectivity index (χ4n) is 1.36. The van der Waals surface area contributed by atoms with Crippen molar-refractivity contribution in [2.75, 3.05) is 11.4 Å². The maximum absolute atomic E-state index is 11.5. The van der Waals surface area contributed by atoms with Crippen LogP contribution in [0.15, 0.2) is 30.3 Å². The van der Waals surface area contributed by atoms with Gasteiger partial charge in [-0.2, -0.15) is 0 Å². The summed E-state index contributed by atoms with van der Waals surface area (Å²) in [6.45, 7) is 1.27. The summed E-state index contributed by atoms with van der Waals surface area (Å²) < 4.78 is 27.7. The summed E-state index contributed by atoms with van der Waals surface area (Å²) in [6.07, 6.45) is 0. The molecule has 0 aromatic heterocycles. The van der Waals surface area contributed by atoms with Crippen LogP contribution in [0.1, 0.15) is 6.92 Å². The molecule has 0 amide bonds. The van der Waals surface area contributed by atoms with E-state index in [0.29, 0.717) is 0 Å². The van der Waals surface area contributed by atoms with Gasteiger partial charge in [0.05, 0.1) is 12.8 Å². The summed E-state index contributed by atoms with van der Waals surface area (Å²) >= 11 is -2.69. The second-order valence-corrected chi connectivity index (χ2v) is 4.29. The number of hydrogen-bond donors (Lipinski definition) is 1. The van der Waals surface area contributed by atoms with Crippen LogP contribution in [0.5, 0.6) is 0 Å². The first kappa shape index (κ1) is 13.6. The smallest absolute Gasteiger partial charge is 0.347 e. The molecule has 1 aromatic rings. The van der Waals surface area contributed by atoms with Crippen LogP contribution in [0, 0.1) is 0 Å². The van der Waals surface area contributed by atoms with Gasteiger partial charge in [0.2, 0.25) is 0 Å². The number of benzene rings is 1. The number of nitrogens with zero attached hydrogens (tertiary/aromatic N) is 1. The number of rotatable bonds is 4. The van der Waals surface area contributed by atoms with Gasteiger partial charge in [0.1, 0.15) is 0 Å². The normalized spacial score (nSPS) is 15.8. The van der Waals surface area contributed by atoms with Crippen molar-refractivity contribution in [3.8, 4) is 0 Å². The first-order valence-corrected chi connectivity index (χ1v) is 5.76. The van der Waals surface area contributed by atoms with Crippen LogP contribution >= 0.6 is 0 Å². The summed E-state index contributed by atoms with van der Waals surface area (Å²) in [7, 11) is 1.14. The molecule has 0 aliphatic rings. The van der Waals surface area contributed by atoms with Crippen LogP contribution < -0.4 is 10.0 Å². The van der Waals surface area contributed by atoms with E-state index in [-0.39, 0.29) is 5.69 Å². The van der Waals surface area contributed by atoms with Crippen molar-refractivity contribution in [1.29, 1.82) is 0 Å². The first-order chi connectivity index (χ1) is 7.91. The average molecular weight is 257 g/mol. The highest BCUT2D eigenvalue weighted by atomic mass is 32.2. The van der Waals surface area contributed by atoms with Gasteiger partial charge in [0.15, 0.2) is 5.66 Å². The van der Waals surface area contributed by atoms with E-state index in [2.05, 4.69) is 4.74 Å². The molecule has 0 saturated heterocycles. The Bertz CT molecular complexity index is 422. The van der Waals surface area contributed by atoms with Crippen LogP contribution in [-0.2, 0) is 20.8 Å². The molecule has 1 aromatic carbocycles. The molecule has 0 fully saturated rings. The lowest BCUT2D eigenvalue weighted by Crippen LogP contribution is -2.60. The zero-order valence-electron chi connectivity index (χ0n) is 9.45. The molecule has 17 heavy (non-hydrogen) atoms. The van der Waals surface area contributed by atoms with E-state index in [4.69, 9.17) is 5.73 Å². The van der Waals surface area contributed by atoms with Crippen LogP contribution in [-0.4, -0.2) is 27.5 Å². The minimum absolute atomic E-state index is 0.288. The number of esters is 1. The van der Waals surface area contributed by atoms with Gasteiger partial charge < -0.3 is 9.29 Å². The molecular weight excluding hydrogens is 244 g/mol. The van der Waals surface area contributed by atoms with Crippen LogP contribution in [0.3, 0.4) is 0 Å². The molecule has 0 spiro atoms. The summed E-state index contributed by atoms with van der Waals surface area (Å²) in [5, 5.41) is 0. The monoisotopic (exact) mass is 257 g/mol. The van der Waals surface area contributed by atoms with Gasteiger partial charge in [-0.15, -0.1) is 0 Å². The standard InChI is InChI=1S/C10H14N2O4S/c1-10(11,9(13)16-2)12(17(14)15)8-6-4-3-5-7-8/h3-7H,11H2,1-2H3,(H,14,15)/p-1. The van der Waals surface area contributed by atoms with Gasteiger partial charge >= 0.3 is 5.97 Å². The Labute approximate surface area is 102 Å².